The highest BCUT2D eigenvalue weighted by Crippen LogP contribution is 2.33. The predicted octanol–water partition coefficient (Wildman–Crippen LogP) is 6.70. The maximum absolute atomic E-state index is 13.1. The summed E-state index contributed by atoms with van der Waals surface area (Å²) in [6.07, 6.45) is 0. The minimum atomic E-state index is -0.0748. The number of halogens is 1. The summed E-state index contributed by atoms with van der Waals surface area (Å²) in [5.41, 5.74) is 3.52. The largest absolute Gasteiger partial charge is 0.497 e. The molecule has 180 valence electrons. The quantitative estimate of drug-likeness (QED) is 0.185. The van der Waals surface area contributed by atoms with Gasteiger partial charge in [-0.05, 0) is 53.9 Å². The number of carbonyl (C=O) groups excluding carboxylic acids is 1. The van der Waals surface area contributed by atoms with E-state index in [0.717, 1.165) is 16.8 Å². The lowest BCUT2D eigenvalue weighted by Gasteiger charge is -2.17. The van der Waals surface area contributed by atoms with Crippen LogP contribution in [0.4, 0.5) is 0 Å². The van der Waals surface area contributed by atoms with E-state index in [-0.39, 0.29) is 17.5 Å². The van der Waals surface area contributed by atoms with Crippen molar-refractivity contribution in [1.82, 2.24) is 14.8 Å². The van der Waals surface area contributed by atoms with Crippen molar-refractivity contribution in [2.24, 2.45) is 0 Å². The predicted molar refractivity (Wildman–Crippen MR) is 140 cm³/mol. The first kappa shape index (κ1) is 24.8. The molecule has 4 aromatic rings. The van der Waals surface area contributed by atoms with Gasteiger partial charge in [0, 0.05) is 16.7 Å². The zero-order valence-corrected chi connectivity index (χ0v) is 21.6. The highest BCUT2D eigenvalue weighted by Gasteiger charge is 2.21. The third-order valence-corrected chi connectivity index (χ3v) is 6.76. The van der Waals surface area contributed by atoms with Crippen LogP contribution in [0.3, 0.4) is 0 Å². The molecule has 0 saturated heterocycles. The maximum Gasteiger partial charge on any atom is 0.196 e. The van der Waals surface area contributed by atoms with Crippen molar-refractivity contribution in [3.8, 4) is 28.6 Å². The Labute approximate surface area is 214 Å². The van der Waals surface area contributed by atoms with Crippen molar-refractivity contribution in [2.45, 2.75) is 24.9 Å². The van der Waals surface area contributed by atoms with E-state index < -0.39 is 0 Å². The van der Waals surface area contributed by atoms with Crippen LogP contribution in [0.5, 0.6) is 11.5 Å². The van der Waals surface area contributed by atoms with Crippen molar-refractivity contribution < 1.29 is 14.3 Å². The van der Waals surface area contributed by atoms with Crippen molar-refractivity contribution >= 4 is 29.1 Å². The van der Waals surface area contributed by atoms with E-state index in [9.17, 15) is 4.79 Å². The molecule has 0 radical (unpaired) electrons. The van der Waals surface area contributed by atoms with E-state index in [0.29, 0.717) is 33.1 Å². The number of rotatable bonds is 9. The van der Waals surface area contributed by atoms with Gasteiger partial charge in [0.15, 0.2) is 16.8 Å². The Morgan fingerprint density at radius 1 is 1.00 bits per heavy atom. The molecular formula is C27H26ClN3O3S. The van der Waals surface area contributed by atoms with Crippen molar-refractivity contribution in [1.29, 1.82) is 0 Å². The van der Waals surface area contributed by atoms with Gasteiger partial charge in [0.05, 0.1) is 31.2 Å². The lowest BCUT2D eigenvalue weighted by molar-refractivity contribution is 0.101. The average molecular weight is 508 g/mol. The molecule has 0 bridgehead atoms. The minimum absolute atomic E-state index is 0.0748. The molecule has 0 atom stereocenters. The molecule has 8 heteroatoms. The number of methoxy groups -OCH3 is 2. The summed E-state index contributed by atoms with van der Waals surface area (Å²) in [5.74, 6) is 2.17. The molecule has 0 spiro atoms. The molecule has 35 heavy (non-hydrogen) atoms. The fourth-order valence-corrected chi connectivity index (χ4v) is 4.74. The molecule has 3 aromatic carbocycles. The number of hydrogen-bond acceptors (Lipinski definition) is 6. The molecule has 1 aromatic heterocycles. The Morgan fingerprint density at radius 3 is 2.43 bits per heavy atom. The molecule has 0 aliphatic heterocycles. The second kappa shape index (κ2) is 11.0. The number of hydrogen-bond donors (Lipinski definition) is 0. The number of nitrogens with zero attached hydrogens (tertiary/aromatic N) is 3. The van der Waals surface area contributed by atoms with Gasteiger partial charge in [0.25, 0.3) is 0 Å². The summed E-state index contributed by atoms with van der Waals surface area (Å²) in [6, 6.07) is 20.9. The number of ether oxygens (including phenoxy) is 2. The van der Waals surface area contributed by atoms with Gasteiger partial charge in [0.1, 0.15) is 11.5 Å². The first-order valence-electron chi connectivity index (χ1n) is 11.1. The Morgan fingerprint density at radius 2 is 1.74 bits per heavy atom. The Hall–Kier alpha value is -3.29. The van der Waals surface area contributed by atoms with Crippen LogP contribution in [0.25, 0.3) is 17.1 Å². The van der Waals surface area contributed by atoms with E-state index >= 15 is 0 Å². The zero-order chi connectivity index (χ0) is 24.9. The lowest BCUT2D eigenvalue weighted by Crippen LogP contribution is -2.08. The highest BCUT2D eigenvalue weighted by atomic mass is 35.5. The third kappa shape index (κ3) is 5.36. The van der Waals surface area contributed by atoms with Crippen LogP contribution in [0.1, 0.15) is 35.7 Å². The summed E-state index contributed by atoms with van der Waals surface area (Å²) in [5, 5.41) is 10.2. The number of ketones is 1. The number of thioether (sulfide) groups is 1. The lowest BCUT2D eigenvalue weighted by atomic mass is 10.0. The van der Waals surface area contributed by atoms with E-state index in [4.69, 9.17) is 21.1 Å². The average Bonchev–Trinajstić information content (AvgIpc) is 3.30. The summed E-state index contributed by atoms with van der Waals surface area (Å²) in [7, 11) is 3.11. The van der Waals surface area contributed by atoms with Crippen LogP contribution >= 0.6 is 23.4 Å². The molecule has 0 saturated carbocycles. The Bertz CT molecular complexity index is 1340. The fraction of sp³-hybridized carbons (Fsp3) is 0.222. The molecule has 0 aliphatic carbocycles. The van der Waals surface area contributed by atoms with Gasteiger partial charge >= 0.3 is 0 Å². The van der Waals surface area contributed by atoms with E-state index in [1.165, 1.54) is 18.9 Å². The van der Waals surface area contributed by atoms with Crippen LogP contribution in [-0.2, 0) is 0 Å². The van der Waals surface area contributed by atoms with Crippen LogP contribution < -0.4 is 9.47 Å². The van der Waals surface area contributed by atoms with Crippen molar-refractivity contribution in [3.05, 3.63) is 82.9 Å². The number of aromatic nitrogens is 3. The first-order chi connectivity index (χ1) is 16.9. The van der Waals surface area contributed by atoms with Crippen molar-refractivity contribution in [2.75, 3.05) is 20.0 Å². The van der Waals surface area contributed by atoms with Gasteiger partial charge in [0.2, 0.25) is 0 Å². The number of carbonyl (C=O) groups is 1. The van der Waals surface area contributed by atoms with Gasteiger partial charge in [-0.1, -0.05) is 55.4 Å². The second-order valence-corrected chi connectivity index (χ2v) is 9.52. The Balaban J connectivity index is 1.72. The molecule has 0 N–H and O–H groups in total. The molecule has 1 heterocycles. The molecule has 0 fully saturated rings. The smallest absolute Gasteiger partial charge is 0.196 e. The molecular weight excluding hydrogens is 482 g/mol. The number of benzene rings is 3. The summed E-state index contributed by atoms with van der Waals surface area (Å²) in [4.78, 5) is 13.1. The Kier molecular flexibility index (Phi) is 7.78. The molecule has 4 rings (SSSR count). The SMILES string of the molecule is COc1ccc(C(=O)CSc2nnc(-c3ccc(Cl)cc3)n2-c2ccccc2C(C)C)c(OC)c1. The van der Waals surface area contributed by atoms with Crippen LogP contribution in [0.15, 0.2) is 71.9 Å². The molecule has 0 amide bonds. The van der Waals surface area contributed by atoms with Gasteiger partial charge in [-0.15, -0.1) is 10.2 Å². The molecule has 0 aliphatic rings. The summed E-state index contributed by atoms with van der Waals surface area (Å²) in [6.45, 7) is 4.30. The van der Waals surface area contributed by atoms with E-state index in [1.807, 2.05) is 41.0 Å². The second-order valence-electron chi connectivity index (χ2n) is 8.14. The summed E-state index contributed by atoms with van der Waals surface area (Å²) < 4.78 is 12.7. The van der Waals surface area contributed by atoms with E-state index in [2.05, 4.69) is 36.2 Å². The summed E-state index contributed by atoms with van der Waals surface area (Å²) >= 11 is 7.45. The van der Waals surface area contributed by atoms with Gasteiger partial charge in [-0.25, -0.2) is 0 Å². The van der Waals surface area contributed by atoms with E-state index in [1.54, 1.807) is 25.3 Å². The highest BCUT2D eigenvalue weighted by molar-refractivity contribution is 7.99. The minimum Gasteiger partial charge on any atom is -0.497 e. The topological polar surface area (TPSA) is 66.2 Å². The first-order valence-corrected chi connectivity index (χ1v) is 12.5. The van der Waals surface area contributed by atoms with Crippen LogP contribution in [0.2, 0.25) is 5.02 Å². The fourth-order valence-electron chi connectivity index (χ4n) is 3.78. The monoisotopic (exact) mass is 507 g/mol. The van der Waals surface area contributed by atoms with Crippen molar-refractivity contribution in [3.63, 3.8) is 0 Å². The maximum atomic E-state index is 13.1. The zero-order valence-electron chi connectivity index (χ0n) is 20.0. The number of para-hydroxylation sites is 1. The van der Waals surface area contributed by atoms with Gasteiger partial charge < -0.3 is 9.47 Å². The number of Topliss-reactive ketones (excluding diaryl/α,β-unsaturated/α-hetero) is 1. The van der Waals surface area contributed by atoms with Gasteiger partial charge in [-0.2, -0.15) is 0 Å². The van der Waals surface area contributed by atoms with Gasteiger partial charge in [-0.3, -0.25) is 9.36 Å². The standard InChI is InChI=1S/C27H26ClN3O3S/c1-17(2)21-7-5-6-8-23(21)31-26(18-9-11-19(28)12-10-18)29-30-27(31)35-16-24(32)22-14-13-20(33-3)15-25(22)34-4/h5-15,17H,16H2,1-4H3. The van der Waals surface area contributed by atoms with Crippen LogP contribution in [0, 0.1) is 0 Å². The normalized spacial score (nSPS) is 11.0. The van der Waals surface area contributed by atoms with Crippen LogP contribution in [-0.4, -0.2) is 40.5 Å². The molecule has 6 nitrogen and oxygen atoms in total. The third-order valence-electron chi connectivity index (χ3n) is 5.58. The molecule has 0 unspecified atom stereocenters.